The van der Waals surface area contributed by atoms with Crippen LogP contribution in [-0.4, -0.2) is 16.1 Å². The van der Waals surface area contributed by atoms with Crippen molar-refractivity contribution in [2.24, 2.45) is 0 Å². The Labute approximate surface area is 47.3 Å². The molecule has 0 N–H and O–H groups in total. The zero-order valence-corrected chi connectivity index (χ0v) is 5.20. The van der Waals surface area contributed by atoms with Gasteiger partial charge in [0.25, 0.3) is 0 Å². The molecule has 0 aromatic carbocycles. The van der Waals surface area contributed by atoms with Gasteiger partial charge in [-0.15, -0.1) is 0 Å². The molecule has 0 saturated heterocycles. The molecule has 7 heavy (non-hydrogen) atoms. The molecule has 2 atom stereocenters. The average molecular weight is 117 g/mol. The van der Waals surface area contributed by atoms with Gasteiger partial charge in [0.15, 0.2) is 0 Å². The van der Waals surface area contributed by atoms with Gasteiger partial charge in [-0.25, -0.2) is 0 Å². The molecule has 0 bridgehead atoms. The van der Waals surface area contributed by atoms with Gasteiger partial charge in [0.05, 0.1) is 6.26 Å². The molecule has 1 saturated carbocycles. The predicted molar refractivity (Wildman–Crippen MR) is 31.4 cm³/mol. The number of rotatable bonds is 1. The molecule has 1 fully saturated rings. The van der Waals surface area contributed by atoms with Crippen LogP contribution in [0.5, 0.6) is 0 Å². The van der Waals surface area contributed by atoms with E-state index in [2.05, 4.69) is 6.42 Å². The lowest BCUT2D eigenvalue weighted by Crippen LogP contribution is -2.27. The van der Waals surface area contributed by atoms with Crippen molar-refractivity contribution in [3.05, 3.63) is 6.42 Å². The first-order valence-electron chi connectivity index (χ1n) is 2.46. The molecular formula is C5H9OS. The normalized spacial score (nSPS) is 26.6. The van der Waals surface area contributed by atoms with Crippen molar-refractivity contribution in [1.82, 2.24) is 0 Å². The molecule has 1 aliphatic rings. The van der Waals surface area contributed by atoms with Gasteiger partial charge >= 0.3 is 0 Å². The first-order valence-corrected chi connectivity index (χ1v) is 4.08. The summed E-state index contributed by atoms with van der Waals surface area (Å²) in [4.78, 5) is 0. The monoisotopic (exact) mass is 117 g/mol. The Kier molecular flexibility index (Phi) is 1.60. The fourth-order valence-corrected chi connectivity index (χ4v) is 1.48. The first kappa shape index (κ1) is 5.45. The Morgan fingerprint density at radius 1 is 1.86 bits per heavy atom. The van der Waals surface area contributed by atoms with Gasteiger partial charge in [0.1, 0.15) is 5.25 Å². The minimum Gasteiger partial charge on any atom is -0.616 e. The highest BCUT2D eigenvalue weighted by Gasteiger charge is 2.25. The molecule has 2 heteroatoms. The maximum absolute atomic E-state index is 10.5. The molecule has 0 aromatic heterocycles. The van der Waals surface area contributed by atoms with Crippen molar-refractivity contribution in [3.63, 3.8) is 0 Å². The van der Waals surface area contributed by atoms with Crippen molar-refractivity contribution in [1.29, 1.82) is 0 Å². The van der Waals surface area contributed by atoms with Gasteiger partial charge in [-0.05, 0) is 12.8 Å². The smallest absolute Gasteiger partial charge is 0.118 e. The van der Waals surface area contributed by atoms with Crippen LogP contribution in [0.4, 0.5) is 0 Å². The lowest BCUT2D eigenvalue weighted by molar-refractivity contribution is 0.557. The van der Waals surface area contributed by atoms with Crippen LogP contribution >= 0.6 is 0 Å². The maximum Gasteiger partial charge on any atom is 0.118 e. The molecule has 41 valence electrons. The van der Waals surface area contributed by atoms with Crippen molar-refractivity contribution >= 4 is 11.2 Å². The van der Waals surface area contributed by atoms with E-state index in [1.54, 1.807) is 6.26 Å². The third-order valence-corrected chi connectivity index (χ3v) is 2.59. The van der Waals surface area contributed by atoms with E-state index in [1.165, 1.54) is 6.42 Å². The van der Waals surface area contributed by atoms with E-state index in [0.717, 1.165) is 6.42 Å². The van der Waals surface area contributed by atoms with Gasteiger partial charge in [0, 0.05) is 6.42 Å². The Bertz CT molecular complexity index is 59.1. The quantitative estimate of drug-likeness (QED) is 0.464. The maximum atomic E-state index is 10.5. The van der Waals surface area contributed by atoms with Gasteiger partial charge in [-0.3, -0.25) is 0 Å². The summed E-state index contributed by atoms with van der Waals surface area (Å²) >= 11 is -0.579. The molecule has 0 spiro atoms. The van der Waals surface area contributed by atoms with E-state index in [-0.39, 0.29) is 0 Å². The van der Waals surface area contributed by atoms with E-state index < -0.39 is 11.2 Å². The summed E-state index contributed by atoms with van der Waals surface area (Å²) in [5.41, 5.74) is 0. The topological polar surface area (TPSA) is 23.1 Å². The van der Waals surface area contributed by atoms with Crippen LogP contribution in [-0.2, 0) is 11.2 Å². The molecule has 0 aliphatic heterocycles. The molecule has 1 aliphatic carbocycles. The summed E-state index contributed by atoms with van der Waals surface area (Å²) < 4.78 is 10.5. The molecule has 0 aromatic rings. The highest BCUT2D eigenvalue weighted by molar-refractivity contribution is 7.91. The van der Waals surface area contributed by atoms with Crippen LogP contribution in [0.1, 0.15) is 12.8 Å². The first-order chi connectivity index (χ1) is 3.30. The van der Waals surface area contributed by atoms with Gasteiger partial charge < -0.3 is 4.55 Å². The third kappa shape index (κ3) is 1.10. The highest BCUT2D eigenvalue weighted by atomic mass is 32.2. The second-order valence-electron chi connectivity index (χ2n) is 1.85. The molecule has 1 rings (SSSR count). The second-order valence-corrected chi connectivity index (χ2v) is 3.45. The standard InChI is InChI=1S/C5H9OS/c1-7(6)5-3-2-4-5/h3,5H,2,4H2,1H3. The SMILES string of the molecule is C[S+]([O-])C1[CH]CC1. The molecule has 2 unspecified atom stereocenters. The van der Waals surface area contributed by atoms with Crippen LogP contribution in [0.2, 0.25) is 0 Å². The van der Waals surface area contributed by atoms with Crippen LogP contribution in [0.15, 0.2) is 0 Å². The van der Waals surface area contributed by atoms with Crippen LogP contribution in [0, 0.1) is 6.42 Å². The Morgan fingerprint density at radius 2 is 2.43 bits per heavy atom. The zero-order chi connectivity index (χ0) is 5.28. The summed E-state index contributed by atoms with van der Waals surface area (Å²) in [5, 5.41) is 0.431. The molecule has 1 radical (unpaired) electrons. The van der Waals surface area contributed by atoms with Crippen LogP contribution in [0.3, 0.4) is 0 Å². The van der Waals surface area contributed by atoms with Crippen LogP contribution < -0.4 is 0 Å². The van der Waals surface area contributed by atoms with E-state index in [0.29, 0.717) is 5.25 Å². The lowest BCUT2D eigenvalue weighted by Gasteiger charge is -2.24. The third-order valence-electron chi connectivity index (χ3n) is 1.31. The highest BCUT2D eigenvalue weighted by Crippen LogP contribution is 2.23. The second kappa shape index (κ2) is 2.05. The average Bonchev–Trinajstić information content (AvgIpc) is 1.23. The Morgan fingerprint density at radius 3 is 2.43 bits per heavy atom. The van der Waals surface area contributed by atoms with Gasteiger partial charge in [-0.1, -0.05) is 11.2 Å². The van der Waals surface area contributed by atoms with Crippen molar-refractivity contribution in [2.45, 2.75) is 18.1 Å². The summed E-state index contributed by atoms with van der Waals surface area (Å²) in [6, 6.07) is 0. The lowest BCUT2D eigenvalue weighted by atomic mass is 10.0. The molecule has 0 amide bonds. The van der Waals surface area contributed by atoms with Gasteiger partial charge in [0.2, 0.25) is 0 Å². The van der Waals surface area contributed by atoms with Gasteiger partial charge in [-0.2, -0.15) is 0 Å². The number of hydrogen-bond acceptors (Lipinski definition) is 1. The van der Waals surface area contributed by atoms with Crippen molar-refractivity contribution in [2.75, 3.05) is 6.26 Å². The zero-order valence-electron chi connectivity index (χ0n) is 4.39. The summed E-state index contributed by atoms with van der Waals surface area (Å²) in [7, 11) is 0. The van der Waals surface area contributed by atoms with Crippen molar-refractivity contribution < 1.29 is 4.55 Å². The number of hydrogen-bond donors (Lipinski definition) is 0. The molecule has 0 heterocycles. The fraction of sp³-hybridized carbons (Fsp3) is 0.800. The van der Waals surface area contributed by atoms with E-state index in [9.17, 15) is 4.55 Å². The van der Waals surface area contributed by atoms with Crippen molar-refractivity contribution in [3.8, 4) is 0 Å². The molecular weight excluding hydrogens is 108 g/mol. The Hall–Kier alpha value is 0.310. The minimum atomic E-state index is -0.579. The summed E-state index contributed by atoms with van der Waals surface area (Å²) in [6.45, 7) is 0. The van der Waals surface area contributed by atoms with E-state index >= 15 is 0 Å². The minimum absolute atomic E-state index is 0.431. The summed E-state index contributed by atoms with van der Waals surface area (Å²) in [5.74, 6) is 0. The van der Waals surface area contributed by atoms with E-state index in [1.807, 2.05) is 0 Å². The summed E-state index contributed by atoms with van der Waals surface area (Å²) in [6.07, 6.45) is 6.20. The predicted octanol–water partition coefficient (Wildman–Crippen LogP) is 0.732. The molecule has 1 nitrogen and oxygen atoms in total. The fourth-order valence-electron chi connectivity index (χ4n) is 0.604. The van der Waals surface area contributed by atoms with Crippen LogP contribution in [0.25, 0.3) is 0 Å². The Balaban J connectivity index is 2.14. The van der Waals surface area contributed by atoms with E-state index in [4.69, 9.17) is 0 Å². The largest absolute Gasteiger partial charge is 0.616 e.